The number of aldehydes is 1. The molecular weight excluding hydrogens is 128 g/mol. The third-order valence-electron chi connectivity index (χ3n) is 1.30. The Kier molecular flexibility index (Phi) is 4.39. The molecule has 0 saturated heterocycles. The van der Waals surface area contributed by atoms with Gasteiger partial charge in [0.05, 0.1) is 0 Å². The fourth-order valence-electron chi connectivity index (χ4n) is 0.287. The van der Waals surface area contributed by atoms with Crippen molar-refractivity contribution in [1.82, 2.24) is 0 Å². The van der Waals surface area contributed by atoms with E-state index in [0.29, 0.717) is 12.2 Å². The van der Waals surface area contributed by atoms with Crippen molar-refractivity contribution in [2.75, 3.05) is 0 Å². The third-order valence-corrected chi connectivity index (χ3v) is 1.30. The van der Waals surface area contributed by atoms with Crippen LogP contribution < -0.4 is 0 Å². The smallest absolute Gasteiger partial charge is 0.196 e. The summed E-state index contributed by atoms with van der Waals surface area (Å²) in [5.41, 5.74) is 0. The van der Waals surface area contributed by atoms with E-state index in [-0.39, 0.29) is 6.10 Å². The van der Waals surface area contributed by atoms with Gasteiger partial charge in [-0.25, -0.2) is 0 Å². The summed E-state index contributed by atoms with van der Waals surface area (Å²) in [4.78, 5) is 9.70. The van der Waals surface area contributed by atoms with Gasteiger partial charge < -0.3 is 4.74 Å². The summed E-state index contributed by atoms with van der Waals surface area (Å²) in [6.45, 7) is 5.99. The summed E-state index contributed by atoms with van der Waals surface area (Å²) in [6, 6.07) is 0. The minimum atomic E-state index is 0.0902. The molecule has 0 heterocycles. The molecule has 0 N–H and O–H groups in total. The topological polar surface area (TPSA) is 26.3 Å². The van der Waals surface area contributed by atoms with Gasteiger partial charge in [0, 0.05) is 5.92 Å². The summed E-state index contributed by atoms with van der Waals surface area (Å²) < 4.78 is 4.95. The lowest BCUT2D eigenvalue weighted by Crippen LogP contribution is -2.12. The number of carbonyl (C=O) groups is 1. The van der Waals surface area contributed by atoms with Crippen molar-refractivity contribution in [1.29, 1.82) is 0 Å². The highest BCUT2D eigenvalue weighted by atomic mass is 16.5. The third kappa shape index (κ3) is 3.96. The summed E-state index contributed by atoms with van der Waals surface area (Å²) in [6.07, 6.45) is 2.91. The van der Waals surface area contributed by atoms with Crippen LogP contribution in [0.2, 0.25) is 0 Å². The normalized spacial score (nSPS) is 11.6. The van der Waals surface area contributed by atoms with E-state index >= 15 is 0 Å². The first kappa shape index (κ1) is 9.03. The minimum Gasteiger partial charge on any atom is -0.443 e. The molecule has 0 amide bonds. The number of rotatable bonds is 2. The Bertz CT molecular complexity index is 150. The van der Waals surface area contributed by atoms with Crippen LogP contribution in [-0.4, -0.2) is 12.4 Å². The van der Waals surface area contributed by atoms with Crippen LogP contribution in [0.3, 0.4) is 0 Å². The van der Waals surface area contributed by atoms with E-state index in [1.54, 1.807) is 0 Å². The zero-order valence-corrected chi connectivity index (χ0v) is 6.55. The van der Waals surface area contributed by atoms with Gasteiger partial charge in [-0.15, -0.1) is 0 Å². The molecule has 56 valence electrons. The second-order valence-corrected chi connectivity index (χ2v) is 2.43. The Hall–Kier alpha value is -0.970. The highest BCUT2D eigenvalue weighted by Gasteiger charge is 2.04. The van der Waals surface area contributed by atoms with Crippen LogP contribution in [0, 0.1) is 17.9 Å². The monoisotopic (exact) mass is 140 g/mol. The molecule has 0 bridgehead atoms. The number of ether oxygens (including phenoxy) is 1. The number of hydrogen-bond acceptors (Lipinski definition) is 2. The van der Waals surface area contributed by atoms with E-state index < -0.39 is 0 Å². The molecule has 0 fully saturated rings. The van der Waals surface area contributed by atoms with Gasteiger partial charge in [0.15, 0.2) is 6.29 Å². The quantitative estimate of drug-likeness (QED) is 0.425. The predicted octanol–water partition coefficient (Wildman–Crippen LogP) is 1.21. The maximum atomic E-state index is 9.70. The lowest BCUT2D eigenvalue weighted by Gasteiger charge is -2.11. The molecule has 1 atom stereocenters. The molecule has 10 heavy (non-hydrogen) atoms. The van der Waals surface area contributed by atoms with Crippen LogP contribution in [0.15, 0.2) is 0 Å². The molecule has 2 heteroatoms. The Morgan fingerprint density at radius 3 is 2.40 bits per heavy atom. The molecule has 2 nitrogen and oxygen atoms in total. The van der Waals surface area contributed by atoms with Crippen molar-refractivity contribution in [3.63, 3.8) is 0 Å². The molecule has 1 unspecified atom stereocenters. The van der Waals surface area contributed by atoms with E-state index in [0.717, 1.165) is 0 Å². The van der Waals surface area contributed by atoms with Crippen molar-refractivity contribution in [2.24, 2.45) is 5.92 Å². The lowest BCUT2D eigenvalue weighted by atomic mass is 10.1. The van der Waals surface area contributed by atoms with Crippen LogP contribution in [0.5, 0.6) is 0 Å². The van der Waals surface area contributed by atoms with Crippen molar-refractivity contribution >= 4 is 6.29 Å². The molecule has 0 aliphatic heterocycles. The first-order chi connectivity index (χ1) is 4.68. The molecule has 0 spiro atoms. The fourth-order valence-corrected chi connectivity index (χ4v) is 0.287. The van der Waals surface area contributed by atoms with Gasteiger partial charge in [0.2, 0.25) is 0 Å². The van der Waals surface area contributed by atoms with Crippen LogP contribution in [0.1, 0.15) is 20.8 Å². The minimum absolute atomic E-state index is 0.0902. The van der Waals surface area contributed by atoms with Crippen molar-refractivity contribution < 1.29 is 9.53 Å². The van der Waals surface area contributed by atoms with E-state index in [4.69, 9.17) is 4.74 Å². The SMILES string of the molecule is CC(C)C(C)OC#CC=O. The molecule has 0 saturated carbocycles. The first-order valence-corrected chi connectivity index (χ1v) is 3.28. The summed E-state index contributed by atoms with van der Waals surface area (Å²) >= 11 is 0. The van der Waals surface area contributed by atoms with Crippen LogP contribution in [-0.2, 0) is 9.53 Å². The highest BCUT2D eigenvalue weighted by molar-refractivity contribution is 5.71. The second kappa shape index (κ2) is 4.87. The highest BCUT2D eigenvalue weighted by Crippen LogP contribution is 2.03. The molecule has 0 aromatic heterocycles. The predicted molar refractivity (Wildman–Crippen MR) is 39.2 cm³/mol. The van der Waals surface area contributed by atoms with Gasteiger partial charge in [0.1, 0.15) is 12.2 Å². The van der Waals surface area contributed by atoms with Crippen molar-refractivity contribution in [3.8, 4) is 12.0 Å². The standard InChI is InChI=1S/C8H12O2/c1-7(2)8(3)10-6-4-5-9/h5,7-8H,1-3H3. The molecule has 0 aliphatic carbocycles. The zero-order valence-electron chi connectivity index (χ0n) is 6.55. The molecule has 0 rings (SSSR count). The molecule has 0 aromatic carbocycles. The van der Waals surface area contributed by atoms with Crippen LogP contribution in [0.25, 0.3) is 0 Å². The number of carbonyl (C=O) groups excluding carboxylic acids is 1. The largest absolute Gasteiger partial charge is 0.443 e. The van der Waals surface area contributed by atoms with E-state index in [9.17, 15) is 4.79 Å². The summed E-state index contributed by atoms with van der Waals surface area (Å²) in [5, 5.41) is 0. The fraction of sp³-hybridized carbons (Fsp3) is 0.625. The van der Waals surface area contributed by atoms with Crippen molar-refractivity contribution in [2.45, 2.75) is 26.9 Å². The van der Waals surface area contributed by atoms with E-state index in [2.05, 4.69) is 12.0 Å². The van der Waals surface area contributed by atoms with Gasteiger partial charge in [-0.2, -0.15) is 0 Å². The second-order valence-electron chi connectivity index (χ2n) is 2.43. The average Bonchev–Trinajstić information content (AvgIpc) is 1.88. The van der Waals surface area contributed by atoms with E-state index in [1.165, 1.54) is 0 Å². The average molecular weight is 140 g/mol. The van der Waals surface area contributed by atoms with Gasteiger partial charge in [-0.05, 0) is 12.8 Å². The maximum absolute atomic E-state index is 9.70. The van der Waals surface area contributed by atoms with Crippen LogP contribution >= 0.6 is 0 Å². The summed E-state index contributed by atoms with van der Waals surface area (Å²) in [7, 11) is 0. The van der Waals surface area contributed by atoms with Gasteiger partial charge >= 0.3 is 0 Å². The zero-order chi connectivity index (χ0) is 7.98. The van der Waals surface area contributed by atoms with Gasteiger partial charge in [-0.1, -0.05) is 13.8 Å². The summed E-state index contributed by atoms with van der Waals surface area (Å²) in [5.74, 6) is 2.61. The number of hydrogen-bond donors (Lipinski definition) is 0. The molecule has 0 aromatic rings. The Morgan fingerprint density at radius 1 is 1.40 bits per heavy atom. The van der Waals surface area contributed by atoms with Gasteiger partial charge in [-0.3, -0.25) is 4.79 Å². The molecule has 0 aliphatic rings. The van der Waals surface area contributed by atoms with Crippen molar-refractivity contribution in [3.05, 3.63) is 0 Å². The first-order valence-electron chi connectivity index (χ1n) is 3.28. The Labute approximate surface area is 61.6 Å². The molecule has 0 radical (unpaired) electrons. The van der Waals surface area contributed by atoms with Gasteiger partial charge in [0.25, 0.3) is 0 Å². The van der Waals surface area contributed by atoms with Crippen LogP contribution in [0.4, 0.5) is 0 Å². The molecular formula is C8H12O2. The van der Waals surface area contributed by atoms with E-state index in [1.807, 2.05) is 20.8 Å². The lowest BCUT2D eigenvalue weighted by molar-refractivity contribution is -0.103. The Morgan fingerprint density at radius 2 is 2.00 bits per heavy atom. The maximum Gasteiger partial charge on any atom is 0.196 e. The Balaban J connectivity index is 3.58.